The van der Waals surface area contributed by atoms with Crippen LogP contribution in [-0.4, -0.2) is 22.8 Å². The van der Waals surface area contributed by atoms with Crippen molar-refractivity contribution in [3.8, 4) is 0 Å². The van der Waals surface area contributed by atoms with Crippen LogP contribution >= 0.6 is 15.9 Å². The molecule has 0 aliphatic heterocycles. The van der Waals surface area contributed by atoms with Crippen molar-refractivity contribution in [3.05, 3.63) is 22.8 Å². The first kappa shape index (κ1) is 15.0. The predicted octanol–water partition coefficient (Wildman–Crippen LogP) is 2.48. The van der Waals surface area contributed by atoms with E-state index in [9.17, 15) is 9.59 Å². The minimum absolute atomic E-state index is 0.183. The largest absolute Gasteiger partial charge is 0.344 e. The molecular weight excluding hydrogens is 322 g/mol. The van der Waals surface area contributed by atoms with Gasteiger partial charge in [0.2, 0.25) is 11.8 Å². The molecule has 1 aliphatic rings. The summed E-state index contributed by atoms with van der Waals surface area (Å²) in [6, 6.07) is 3.11. The van der Waals surface area contributed by atoms with Crippen LogP contribution < -0.4 is 10.6 Å². The average Bonchev–Trinajstić information content (AvgIpc) is 2.92. The van der Waals surface area contributed by atoms with Crippen molar-refractivity contribution >= 4 is 33.6 Å². The highest BCUT2D eigenvalue weighted by Gasteiger charge is 2.31. The highest BCUT2D eigenvalue weighted by molar-refractivity contribution is 9.10. The minimum atomic E-state index is -0.482. The molecular formula is C14H18BrN3O2. The summed E-state index contributed by atoms with van der Waals surface area (Å²) >= 11 is 3.34. The first-order valence-corrected chi connectivity index (χ1v) is 7.55. The van der Waals surface area contributed by atoms with Gasteiger partial charge >= 0.3 is 0 Å². The number of hydrogen-bond donors (Lipinski definition) is 2. The molecule has 1 atom stereocenters. The zero-order valence-corrected chi connectivity index (χ0v) is 12.9. The normalized spacial score (nSPS) is 16.7. The summed E-state index contributed by atoms with van der Waals surface area (Å²) in [5, 5.41) is 5.55. The van der Waals surface area contributed by atoms with Crippen molar-refractivity contribution in [2.24, 2.45) is 5.92 Å². The summed E-state index contributed by atoms with van der Waals surface area (Å²) in [6.07, 6.45) is 5.79. The van der Waals surface area contributed by atoms with Crippen LogP contribution in [0.15, 0.2) is 22.8 Å². The topological polar surface area (TPSA) is 71.1 Å². The maximum atomic E-state index is 12.4. The molecule has 2 amide bonds. The number of aromatic nitrogens is 1. The summed E-state index contributed by atoms with van der Waals surface area (Å²) < 4.78 is 0.723. The monoisotopic (exact) mass is 339 g/mol. The Morgan fingerprint density at radius 3 is 2.70 bits per heavy atom. The third-order valence-corrected chi connectivity index (χ3v) is 4.15. The number of amides is 2. The molecule has 5 nitrogen and oxygen atoms in total. The molecule has 1 aliphatic carbocycles. The van der Waals surface area contributed by atoms with Gasteiger partial charge in [-0.2, -0.15) is 0 Å². The summed E-state index contributed by atoms with van der Waals surface area (Å²) in [4.78, 5) is 27.8. The molecule has 0 saturated heterocycles. The Bertz CT molecular complexity index is 501. The maximum absolute atomic E-state index is 12.4. The van der Waals surface area contributed by atoms with Gasteiger partial charge in [0.05, 0.1) is 4.47 Å². The number of carbonyl (C=O) groups excluding carboxylic acids is 2. The molecule has 0 bridgehead atoms. The average molecular weight is 340 g/mol. The lowest BCUT2D eigenvalue weighted by atomic mass is 9.97. The van der Waals surface area contributed by atoms with Crippen LogP contribution in [0.2, 0.25) is 0 Å². The number of halogens is 1. The van der Waals surface area contributed by atoms with E-state index in [1.807, 2.05) is 6.07 Å². The van der Waals surface area contributed by atoms with E-state index in [1.165, 1.54) is 6.92 Å². The second-order valence-electron chi connectivity index (χ2n) is 5.05. The van der Waals surface area contributed by atoms with Crippen LogP contribution in [0.1, 0.15) is 32.6 Å². The van der Waals surface area contributed by atoms with Crippen molar-refractivity contribution in [1.82, 2.24) is 10.3 Å². The van der Waals surface area contributed by atoms with Gasteiger partial charge in [-0.25, -0.2) is 4.98 Å². The lowest BCUT2D eigenvalue weighted by molar-refractivity contribution is -0.126. The van der Waals surface area contributed by atoms with E-state index in [1.54, 1.807) is 12.3 Å². The molecule has 1 saturated carbocycles. The van der Waals surface area contributed by atoms with Gasteiger partial charge in [-0.05, 0) is 46.8 Å². The van der Waals surface area contributed by atoms with E-state index in [0.29, 0.717) is 5.82 Å². The zero-order chi connectivity index (χ0) is 14.5. The third-order valence-electron chi connectivity index (χ3n) is 3.51. The third kappa shape index (κ3) is 3.79. The number of hydrogen-bond acceptors (Lipinski definition) is 3. The highest BCUT2D eigenvalue weighted by Crippen LogP contribution is 2.28. The zero-order valence-electron chi connectivity index (χ0n) is 11.4. The van der Waals surface area contributed by atoms with Gasteiger partial charge in [0.1, 0.15) is 11.9 Å². The Balaban J connectivity index is 2.09. The van der Waals surface area contributed by atoms with Gasteiger partial charge in [0.25, 0.3) is 0 Å². The molecule has 1 heterocycles. The fraction of sp³-hybridized carbons (Fsp3) is 0.500. The van der Waals surface area contributed by atoms with Gasteiger partial charge in [-0.3, -0.25) is 9.59 Å². The van der Waals surface area contributed by atoms with Crippen molar-refractivity contribution < 1.29 is 9.59 Å². The lowest BCUT2D eigenvalue weighted by Gasteiger charge is -2.23. The van der Waals surface area contributed by atoms with E-state index in [-0.39, 0.29) is 17.7 Å². The molecule has 6 heteroatoms. The molecule has 0 spiro atoms. The van der Waals surface area contributed by atoms with Crippen molar-refractivity contribution in [1.29, 1.82) is 0 Å². The van der Waals surface area contributed by atoms with E-state index < -0.39 is 6.04 Å². The van der Waals surface area contributed by atoms with Crippen molar-refractivity contribution in [3.63, 3.8) is 0 Å². The van der Waals surface area contributed by atoms with Crippen LogP contribution in [-0.2, 0) is 9.59 Å². The SMILES string of the molecule is CC(=O)NC(C(=O)Nc1ncccc1Br)C1CCCC1. The maximum Gasteiger partial charge on any atom is 0.248 e. The first-order chi connectivity index (χ1) is 9.58. The number of pyridine rings is 1. The smallest absolute Gasteiger partial charge is 0.248 e. The molecule has 0 aromatic carbocycles. The van der Waals surface area contributed by atoms with Gasteiger partial charge in [0, 0.05) is 13.1 Å². The number of rotatable bonds is 4. The van der Waals surface area contributed by atoms with Gasteiger partial charge < -0.3 is 10.6 Å². The van der Waals surface area contributed by atoms with Gasteiger partial charge in [-0.1, -0.05) is 12.8 Å². The number of nitrogens with one attached hydrogen (secondary N) is 2. The van der Waals surface area contributed by atoms with Crippen LogP contribution in [0.25, 0.3) is 0 Å². The van der Waals surface area contributed by atoms with E-state index in [4.69, 9.17) is 0 Å². The molecule has 1 aromatic heterocycles. The molecule has 0 radical (unpaired) electrons. The van der Waals surface area contributed by atoms with E-state index >= 15 is 0 Å². The highest BCUT2D eigenvalue weighted by atomic mass is 79.9. The predicted molar refractivity (Wildman–Crippen MR) is 80.1 cm³/mol. The Labute approximate surface area is 126 Å². The molecule has 1 unspecified atom stereocenters. The van der Waals surface area contributed by atoms with Crippen molar-refractivity contribution in [2.45, 2.75) is 38.6 Å². The first-order valence-electron chi connectivity index (χ1n) is 6.76. The molecule has 1 fully saturated rings. The van der Waals surface area contributed by atoms with Crippen LogP contribution in [0.4, 0.5) is 5.82 Å². The summed E-state index contributed by atoms with van der Waals surface area (Å²) in [5.74, 6) is 0.302. The minimum Gasteiger partial charge on any atom is -0.344 e. The number of nitrogens with zero attached hydrogens (tertiary/aromatic N) is 1. The molecule has 2 N–H and O–H groups in total. The second-order valence-corrected chi connectivity index (χ2v) is 5.90. The molecule has 2 rings (SSSR count). The quantitative estimate of drug-likeness (QED) is 0.885. The Morgan fingerprint density at radius 2 is 2.10 bits per heavy atom. The number of anilines is 1. The van der Waals surface area contributed by atoms with E-state index in [0.717, 1.165) is 30.2 Å². The van der Waals surface area contributed by atoms with Gasteiger partial charge in [-0.15, -0.1) is 0 Å². The second kappa shape index (κ2) is 6.83. The lowest BCUT2D eigenvalue weighted by Crippen LogP contribution is -2.47. The molecule has 108 valence electrons. The van der Waals surface area contributed by atoms with Gasteiger partial charge in [0.15, 0.2) is 0 Å². The van der Waals surface area contributed by atoms with Crippen LogP contribution in [0.5, 0.6) is 0 Å². The summed E-state index contributed by atoms with van der Waals surface area (Å²) in [7, 11) is 0. The standard InChI is InChI=1S/C14H18BrN3O2/c1-9(19)17-12(10-5-2-3-6-10)14(20)18-13-11(15)7-4-8-16-13/h4,7-8,10,12H,2-3,5-6H2,1H3,(H,17,19)(H,16,18,20). The molecule has 1 aromatic rings. The number of carbonyl (C=O) groups is 2. The fourth-order valence-corrected chi connectivity index (χ4v) is 2.93. The fourth-order valence-electron chi connectivity index (χ4n) is 2.58. The Kier molecular flexibility index (Phi) is 5.11. The van der Waals surface area contributed by atoms with E-state index in [2.05, 4.69) is 31.5 Å². The summed E-state index contributed by atoms with van der Waals surface area (Å²) in [5.41, 5.74) is 0. The van der Waals surface area contributed by atoms with Crippen LogP contribution in [0.3, 0.4) is 0 Å². The Hall–Kier alpha value is -1.43. The Morgan fingerprint density at radius 1 is 1.40 bits per heavy atom. The van der Waals surface area contributed by atoms with Crippen molar-refractivity contribution in [2.75, 3.05) is 5.32 Å². The molecule has 20 heavy (non-hydrogen) atoms. The summed E-state index contributed by atoms with van der Waals surface area (Å²) in [6.45, 7) is 1.44. The van der Waals surface area contributed by atoms with Crippen LogP contribution in [0, 0.1) is 5.92 Å².